The Morgan fingerprint density at radius 1 is 1.17 bits per heavy atom. The summed E-state index contributed by atoms with van der Waals surface area (Å²) in [6.45, 7) is 4.56. The molecular formula is C22H33N3O5. The van der Waals surface area contributed by atoms with Gasteiger partial charge in [0, 0.05) is 6.54 Å². The molecular weight excluding hydrogens is 386 g/mol. The average molecular weight is 420 g/mol. The number of carbonyl (C=O) groups is 3. The van der Waals surface area contributed by atoms with E-state index in [4.69, 9.17) is 15.2 Å². The van der Waals surface area contributed by atoms with E-state index in [1.54, 1.807) is 0 Å². The van der Waals surface area contributed by atoms with Crippen LogP contribution in [0.4, 0.5) is 9.59 Å². The summed E-state index contributed by atoms with van der Waals surface area (Å²) in [6, 6.07) is 8.64. The summed E-state index contributed by atoms with van der Waals surface area (Å²) in [5.41, 5.74) is 5.32. The van der Waals surface area contributed by atoms with Crippen molar-refractivity contribution in [1.82, 2.24) is 10.2 Å². The van der Waals surface area contributed by atoms with Crippen molar-refractivity contribution < 1.29 is 23.9 Å². The number of nitrogens with zero attached hydrogens (tertiary/aromatic N) is 1. The molecule has 1 heterocycles. The number of nitrogens with one attached hydrogen (secondary N) is 1. The molecule has 0 spiro atoms. The van der Waals surface area contributed by atoms with Crippen molar-refractivity contribution in [2.24, 2.45) is 5.73 Å². The summed E-state index contributed by atoms with van der Waals surface area (Å²) in [4.78, 5) is 39.3. The van der Waals surface area contributed by atoms with Crippen molar-refractivity contribution in [3.8, 4) is 0 Å². The van der Waals surface area contributed by atoms with E-state index in [2.05, 4.69) is 5.32 Å². The zero-order chi connectivity index (χ0) is 22.0. The SMILES string of the molecule is CCCCOC(=O)NC(CC)C1(C(N)=O)CCCCN1C(=O)OCc1ccccc1. The number of amides is 3. The van der Waals surface area contributed by atoms with Crippen LogP contribution in [0.25, 0.3) is 0 Å². The lowest BCUT2D eigenvalue weighted by Crippen LogP contribution is -2.71. The third kappa shape index (κ3) is 5.64. The van der Waals surface area contributed by atoms with Crippen LogP contribution in [0.15, 0.2) is 30.3 Å². The van der Waals surface area contributed by atoms with Crippen LogP contribution in [-0.2, 0) is 20.9 Å². The molecule has 1 aromatic carbocycles. The number of primary amides is 1. The first-order valence-electron chi connectivity index (χ1n) is 10.7. The molecule has 8 heteroatoms. The molecule has 0 aromatic heterocycles. The standard InChI is InChI=1S/C22H33N3O5/c1-3-5-15-29-20(27)24-18(4-2)22(19(23)26)13-9-10-14-25(22)21(28)30-16-17-11-7-6-8-12-17/h6-8,11-12,18H,3-5,9-10,13-16H2,1-2H3,(H2,23,26)(H,24,27). The van der Waals surface area contributed by atoms with Gasteiger partial charge in [0.1, 0.15) is 12.1 Å². The highest BCUT2D eigenvalue weighted by molar-refractivity contribution is 5.90. The van der Waals surface area contributed by atoms with Crippen LogP contribution >= 0.6 is 0 Å². The predicted octanol–water partition coefficient (Wildman–Crippen LogP) is 3.34. The Hall–Kier alpha value is -2.77. The van der Waals surface area contributed by atoms with E-state index in [1.165, 1.54) is 4.90 Å². The first-order chi connectivity index (χ1) is 14.5. The molecule has 30 heavy (non-hydrogen) atoms. The van der Waals surface area contributed by atoms with Crippen molar-refractivity contribution in [2.75, 3.05) is 13.2 Å². The Kier molecular flexibility index (Phi) is 8.95. The summed E-state index contributed by atoms with van der Waals surface area (Å²) in [6.07, 6.45) is 2.64. The number of nitrogens with two attached hydrogens (primary N) is 1. The summed E-state index contributed by atoms with van der Waals surface area (Å²) >= 11 is 0. The van der Waals surface area contributed by atoms with Crippen LogP contribution < -0.4 is 11.1 Å². The maximum Gasteiger partial charge on any atom is 0.411 e. The van der Waals surface area contributed by atoms with E-state index >= 15 is 0 Å². The molecule has 0 aliphatic carbocycles. The van der Waals surface area contributed by atoms with Gasteiger partial charge >= 0.3 is 12.2 Å². The number of alkyl carbamates (subject to hydrolysis) is 1. The Bertz CT molecular complexity index is 712. The van der Waals surface area contributed by atoms with Crippen molar-refractivity contribution >= 4 is 18.1 Å². The van der Waals surface area contributed by atoms with Crippen molar-refractivity contribution in [2.45, 2.75) is 70.6 Å². The van der Waals surface area contributed by atoms with Gasteiger partial charge in [0.2, 0.25) is 5.91 Å². The van der Waals surface area contributed by atoms with E-state index < -0.39 is 29.7 Å². The second-order valence-corrected chi connectivity index (χ2v) is 7.53. The smallest absolute Gasteiger partial charge is 0.411 e. The fourth-order valence-corrected chi connectivity index (χ4v) is 3.89. The Balaban J connectivity index is 2.18. The maximum atomic E-state index is 13.0. The van der Waals surface area contributed by atoms with Crippen molar-refractivity contribution in [3.05, 3.63) is 35.9 Å². The minimum atomic E-state index is -1.36. The molecule has 2 atom stereocenters. The molecule has 0 bridgehead atoms. The molecule has 0 radical (unpaired) electrons. The molecule has 1 fully saturated rings. The lowest BCUT2D eigenvalue weighted by atomic mass is 9.78. The molecule has 1 aliphatic rings. The number of likely N-dealkylation sites (tertiary alicyclic amines) is 1. The quantitative estimate of drug-likeness (QED) is 0.597. The highest BCUT2D eigenvalue weighted by Crippen LogP contribution is 2.33. The van der Waals surface area contributed by atoms with E-state index in [9.17, 15) is 14.4 Å². The molecule has 1 aliphatic heterocycles. The van der Waals surface area contributed by atoms with E-state index in [1.807, 2.05) is 44.2 Å². The lowest BCUT2D eigenvalue weighted by molar-refractivity contribution is -0.134. The van der Waals surface area contributed by atoms with E-state index in [-0.39, 0.29) is 6.61 Å². The van der Waals surface area contributed by atoms with Crippen LogP contribution in [0.5, 0.6) is 0 Å². The molecule has 2 rings (SSSR count). The molecule has 2 unspecified atom stereocenters. The zero-order valence-corrected chi connectivity index (χ0v) is 17.9. The largest absolute Gasteiger partial charge is 0.450 e. The monoisotopic (exact) mass is 419 g/mol. The minimum absolute atomic E-state index is 0.0916. The topological polar surface area (TPSA) is 111 Å². The third-order valence-corrected chi connectivity index (χ3v) is 5.53. The number of unbranched alkanes of at least 4 members (excludes halogenated alkanes) is 1. The van der Waals surface area contributed by atoms with Crippen LogP contribution in [0.2, 0.25) is 0 Å². The molecule has 1 saturated heterocycles. The van der Waals surface area contributed by atoms with Gasteiger partial charge in [-0.25, -0.2) is 9.59 Å². The van der Waals surface area contributed by atoms with Crippen molar-refractivity contribution in [1.29, 1.82) is 0 Å². The van der Waals surface area contributed by atoms with Crippen LogP contribution in [0.1, 0.15) is 57.9 Å². The highest BCUT2D eigenvalue weighted by atomic mass is 16.6. The lowest BCUT2D eigenvalue weighted by Gasteiger charge is -2.48. The van der Waals surface area contributed by atoms with Crippen LogP contribution in [0.3, 0.4) is 0 Å². The summed E-state index contributed by atoms with van der Waals surface area (Å²) in [5.74, 6) is -0.653. The van der Waals surface area contributed by atoms with E-state index in [0.29, 0.717) is 32.4 Å². The number of rotatable bonds is 9. The zero-order valence-electron chi connectivity index (χ0n) is 17.9. The van der Waals surface area contributed by atoms with Gasteiger partial charge in [0.25, 0.3) is 0 Å². The Labute approximate surface area is 178 Å². The number of piperidine rings is 1. The van der Waals surface area contributed by atoms with E-state index in [0.717, 1.165) is 24.8 Å². The van der Waals surface area contributed by atoms with Gasteiger partial charge in [-0.2, -0.15) is 0 Å². The number of hydrogen-bond donors (Lipinski definition) is 2. The fourth-order valence-electron chi connectivity index (χ4n) is 3.89. The number of carbonyl (C=O) groups excluding carboxylic acids is 3. The predicted molar refractivity (Wildman–Crippen MR) is 113 cm³/mol. The molecule has 0 saturated carbocycles. The van der Waals surface area contributed by atoms with Gasteiger partial charge in [-0.15, -0.1) is 0 Å². The molecule has 166 valence electrons. The summed E-state index contributed by atoms with van der Waals surface area (Å²) in [7, 11) is 0. The van der Waals surface area contributed by atoms with Crippen LogP contribution in [0, 0.1) is 0 Å². The van der Waals surface area contributed by atoms with Gasteiger partial charge in [0.15, 0.2) is 0 Å². The third-order valence-electron chi connectivity index (χ3n) is 5.53. The first kappa shape index (κ1) is 23.5. The van der Waals surface area contributed by atoms with Gasteiger partial charge in [-0.05, 0) is 37.7 Å². The minimum Gasteiger partial charge on any atom is -0.450 e. The van der Waals surface area contributed by atoms with Crippen LogP contribution in [-0.4, -0.2) is 47.7 Å². The van der Waals surface area contributed by atoms with Gasteiger partial charge < -0.3 is 20.5 Å². The number of benzene rings is 1. The summed E-state index contributed by atoms with van der Waals surface area (Å²) in [5, 5.41) is 2.76. The summed E-state index contributed by atoms with van der Waals surface area (Å²) < 4.78 is 10.7. The molecule has 3 N–H and O–H groups in total. The normalized spacial score (nSPS) is 19.6. The molecule has 8 nitrogen and oxygen atoms in total. The number of hydrogen-bond acceptors (Lipinski definition) is 5. The van der Waals surface area contributed by atoms with Gasteiger partial charge in [-0.1, -0.05) is 50.6 Å². The fraction of sp³-hybridized carbons (Fsp3) is 0.591. The average Bonchev–Trinajstić information content (AvgIpc) is 2.76. The Morgan fingerprint density at radius 3 is 2.53 bits per heavy atom. The Morgan fingerprint density at radius 2 is 1.90 bits per heavy atom. The second-order valence-electron chi connectivity index (χ2n) is 7.53. The van der Waals surface area contributed by atoms with Crippen molar-refractivity contribution in [3.63, 3.8) is 0 Å². The first-order valence-corrected chi connectivity index (χ1v) is 10.7. The maximum absolute atomic E-state index is 13.0. The molecule has 3 amide bonds. The second kappa shape index (κ2) is 11.4. The van der Waals surface area contributed by atoms with Gasteiger partial charge in [0.05, 0.1) is 12.6 Å². The highest BCUT2D eigenvalue weighted by Gasteiger charge is 2.53. The molecule has 1 aromatic rings. The number of ether oxygens (including phenoxy) is 2. The van der Waals surface area contributed by atoms with Gasteiger partial charge in [-0.3, -0.25) is 9.69 Å².